The number of ether oxygens (including phenoxy) is 7. The smallest absolute Gasteiger partial charge is 0.173 e. The molecule has 4 aliphatic heterocycles. The molecule has 0 amide bonds. The van der Waals surface area contributed by atoms with Crippen LogP contribution in [0.4, 0.5) is 0 Å². The lowest BCUT2D eigenvalue weighted by molar-refractivity contribution is -0.259. The summed E-state index contributed by atoms with van der Waals surface area (Å²) in [5, 5.41) is 25.1. The molecule has 364 valence electrons. The predicted octanol–water partition coefficient (Wildman–Crippen LogP) is 7.68. The van der Waals surface area contributed by atoms with Gasteiger partial charge in [-0.25, -0.2) is 0 Å². The molecule has 4 saturated carbocycles. The molecule has 6 aliphatic carbocycles. The average molecular weight is 975 g/mol. The molecule has 0 radical (unpaired) electrons. The number of para-hydroxylation sites is 1. The molecule has 4 heterocycles. The maximum Gasteiger partial charge on any atom is 0.173 e. The minimum atomic E-state index is -0.866. The molecule has 6 atom stereocenters. The van der Waals surface area contributed by atoms with E-state index in [1.807, 2.05) is 36.4 Å². The number of benzene rings is 3. The lowest BCUT2D eigenvalue weighted by atomic mass is 9.48. The largest absolute Gasteiger partial charge is 0.497 e. The van der Waals surface area contributed by atoms with Gasteiger partial charge in [0, 0.05) is 98.5 Å². The van der Waals surface area contributed by atoms with Crippen molar-refractivity contribution in [2.75, 3.05) is 66.8 Å². The quantitative estimate of drug-likeness (QED) is 0.231. The van der Waals surface area contributed by atoms with Crippen LogP contribution in [0.25, 0.3) is 0 Å². The van der Waals surface area contributed by atoms with Crippen molar-refractivity contribution < 1.29 is 43.4 Å². The van der Waals surface area contributed by atoms with E-state index in [9.17, 15) is 10.2 Å². The SMILES string of the molecule is C.COc1ccc2c(c1)[C@]13CCN(CC4CC4)C(C2)[C@]1(O)CCC1(C3)OCCO1.COc1ccc2c(c1Oc1ccccc1)[C@]13CCN(CC4CC4)C(C2)[C@]1(O)CCC1(C3)OCCO1.S=S=S. The Labute approximate surface area is 410 Å². The summed E-state index contributed by atoms with van der Waals surface area (Å²) in [6, 6.07) is 20.9. The Morgan fingerprint density at radius 3 is 1.72 bits per heavy atom. The Morgan fingerprint density at radius 2 is 1.16 bits per heavy atom. The van der Waals surface area contributed by atoms with Crippen molar-refractivity contribution >= 4 is 31.3 Å². The number of methoxy groups -OCH3 is 2. The Morgan fingerprint density at radius 1 is 0.642 bits per heavy atom. The van der Waals surface area contributed by atoms with Gasteiger partial charge in [0.25, 0.3) is 0 Å². The normalized spacial score (nSPS) is 33.8. The fraction of sp³-hybridized carbons (Fsp3) is 0.660. The number of rotatable bonds is 8. The fourth-order valence-electron chi connectivity index (χ4n) is 14.4. The van der Waals surface area contributed by atoms with Crippen molar-refractivity contribution in [3.63, 3.8) is 0 Å². The van der Waals surface area contributed by atoms with Crippen molar-refractivity contribution in [1.29, 1.82) is 0 Å². The molecule has 3 aromatic rings. The molecular weight excluding hydrogens is 905 g/mol. The molecule has 0 aromatic heterocycles. The Hall–Kier alpha value is -2.60. The first-order chi connectivity index (χ1) is 32.0. The summed E-state index contributed by atoms with van der Waals surface area (Å²) in [7, 11) is 4.33. The summed E-state index contributed by atoms with van der Waals surface area (Å²) < 4.78 is 42.9. The van der Waals surface area contributed by atoms with E-state index in [1.165, 1.54) is 42.4 Å². The van der Waals surface area contributed by atoms with Crippen LogP contribution in [0.2, 0.25) is 0 Å². The third-order valence-corrected chi connectivity index (χ3v) is 17.7. The molecule has 4 bridgehead atoms. The average Bonchev–Trinajstić information content (AvgIpc) is 4.24. The fourth-order valence-corrected chi connectivity index (χ4v) is 14.4. The van der Waals surface area contributed by atoms with Gasteiger partial charge in [0.1, 0.15) is 11.5 Å². The van der Waals surface area contributed by atoms with Crippen molar-refractivity contribution in [1.82, 2.24) is 9.80 Å². The second-order valence-electron chi connectivity index (χ2n) is 21.0. The number of aliphatic hydroxyl groups is 2. The van der Waals surface area contributed by atoms with Gasteiger partial charge in [-0.2, -0.15) is 0 Å². The minimum Gasteiger partial charge on any atom is -0.497 e. The van der Waals surface area contributed by atoms with E-state index < -0.39 is 28.2 Å². The summed E-state index contributed by atoms with van der Waals surface area (Å²) in [4.78, 5) is 5.20. The molecule has 3 aromatic carbocycles. The maximum absolute atomic E-state index is 12.8. The van der Waals surface area contributed by atoms with Gasteiger partial charge in [-0.15, -0.1) is 0 Å². The first-order valence-corrected chi connectivity index (χ1v) is 27.2. The molecule has 10 aliphatic rings. The molecular formula is C53H70N2O9S3. The lowest BCUT2D eigenvalue weighted by Crippen LogP contribution is -2.75. The Bertz CT molecular complexity index is 2310. The molecule has 14 heteroatoms. The molecule has 4 saturated heterocycles. The van der Waals surface area contributed by atoms with Crippen LogP contribution in [0.15, 0.2) is 60.7 Å². The first kappa shape index (κ1) is 48.0. The highest BCUT2D eigenvalue weighted by Crippen LogP contribution is 2.65. The van der Waals surface area contributed by atoms with Crippen LogP contribution in [-0.2, 0) is 73.9 Å². The Kier molecular flexibility index (Phi) is 13.3. The van der Waals surface area contributed by atoms with Crippen molar-refractivity contribution in [2.45, 2.75) is 143 Å². The first-order valence-electron chi connectivity index (χ1n) is 24.6. The summed E-state index contributed by atoms with van der Waals surface area (Å²) in [5.74, 6) is 3.56. The highest BCUT2D eigenvalue weighted by atomic mass is 33.1. The molecule has 8 fully saturated rings. The summed E-state index contributed by atoms with van der Waals surface area (Å²) >= 11 is 8.25. The highest BCUT2D eigenvalue weighted by molar-refractivity contribution is 8.37. The van der Waals surface area contributed by atoms with Crippen LogP contribution in [0, 0.1) is 11.8 Å². The summed E-state index contributed by atoms with van der Waals surface area (Å²) in [5.41, 5.74) is 2.57. The number of hydrogen-bond donors (Lipinski definition) is 2. The van der Waals surface area contributed by atoms with E-state index in [0.717, 1.165) is 121 Å². The number of nitrogens with zero attached hydrogens (tertiary/aromatic N) is 2. The summed E-state index contributed by atoms with van der Waals surface area (Å²) in [6.07, 6.45) is 13.2. The number of fused-ring (bicyclic) bond motifs is 2. The number of hydrogen-bond acceptors (Lipinski definition) is 13. The van der Waals surface area contributed by atoms with Gasteiger partial charge in [0.05, 0.1) is 51.8 Å². The van der Waals surface area contributed by atoms with E-state index in [4.69, 9.17) is 33.2 Å². The number of piperidine rings is 2. The molecule has 67 heavy (non-hydrogen) atoms. The molecule has 2 spiro atoms. The van der Waals surface area contributed by atoms with Gasteiger partial charge in [0.2, 0.25) is 0 Å². The zero-order valence-corrected chi connectivity index (χ0v) is 41.0. The van der Waals surface area contributed by atoms with E-state index in [1.54, 1.807) is 14.2 Å². The Balaban J connectivity index is 0.000000149. The molecule has 13 rings (SSSR count). The third-order valence-electron chi connectivity index (χ3n) is 17.7. The van der Waals surface area contributed by atoms with Crippen molar-refractivity contribution in [3.05, 3.63) is 82.9 Å². The molecule has 2 N–H and O–H groups in total. The standard InChI is InChI=1S/C29H35NO5.C23H31NO4.CH4.S3/c1-32-23-10-9-21-17-24-29(31)12-11-28(33-15-16-34-28)19-27(29,13-14-30(24)18-20-7-8-20)25(21)26(23)35-22-5-3-2-4-6-22;1-26-18-5-4-17-12-20-23(25)7-6-22(27-10-11-28-22)15-21(23,19(17)13-18)8-9-24(20)14-16-2-3-16;;1-3-2/h2-6,9-10,20,24,31H,7-8,11-19H2,1H3;4-5,13,16,20,25H,2-3,6-12,14-15H2,1H3;1H4;/t24?,27-,29-;20?,21-,23-;;/m11../s1. The van der Waals surface area contributed by atoms with Crippen molar-refractivity contribution in [2.24, 2.45) is 11.8 Å². The van der Waals surface area contributed by atoms with Gasteiger partial charge < -0.3 is 43.4 Å². The van der Waals surface area contributed by atoms with E-state index in [2.05, 4.69) is 56.4 Å². The van der Waals surface area contributed by atoms with Crippen LogP contribution < -0.4 is 14.2 Å². The van der Waals surface area contributed by atoms with Gasteiger partial charge >= 0.3 is 0 Å². The zero-order chi connectivity index (χ0) is 45.4. The summed E-state index contributed by atoms with van der Waals surface area (Å²) in [6.45, 7) is 6.82. The molecule has 11 nitrogen and oxygen atoms in total. The lowest BCUT2D eigenvalue weighted by Gasteiger charge is -2.65. The van der Waals surface area contributed by atoms with Gasteiger partial charge in [-0.3, -0.25) is 9.80 Å². The predicted molar refractivity (Wildman–Crippen MR) is 264 cm³/mol. The van der Waals surface area contributed by atoms with Crippen LogP contribution in [0.3, 0.4) is 0 Å². The van der Waals surface area contributed by atoms with E-state index in [0.29, 0.717) is 45.0 Å². The van der Waals surface area contributed by atoms with Crippen LogP contribution >= 0.6 is 0 Å². The monoisotopic (exact) mass is 974 g/mol. The highest BCUT2D eigenvalue weighted by Gasteiger charge is 2.70. The third kappa shape index (κ3) is 8.14. The minimum absolute atomic E-state index is 0. The van der Waals surface area contributed by atoms with Gasteiger partial charge in [-0.1, -0.05) is 37.8 Å². The second kappa shape index (κ2) is 18.5. The van der Waals surface area contributed by atoms with Gasteiger partial charge in [0.15, 0.2) is 23.1 Å². The zero-order valence-electron chi connectivity index (χ0n) is 38.5. The maximum atomic E-state index is 12.8. The molecule has 2 unspecified atom stereocenters. The van der Waals surface area contributed by atoms with E-state index in [-0.39, 0.29) is 24.9 Å². The van der Waals surface area contributed by atoms with Crippen LogP contribution in [0.1, 0.15) is 107 Å². The van der Waals surface area contributed by atoms with Gasteiger partial charge in [-0.05, 0) is 136 Å². The van der Waals surface area contributed by atoms with E-state index >= 15 is 0 Å². The topological polar surface area (TPSA) is 112 Å². The number of likely N-dealkylation sites (tertiary alicyclic amines) is 2. The van der Waals surface area contributed by atoms with Crippen LogP contribution in [0.5, 0.6) is 23.0 Å². The second-order valence-corrected chi connectivity index (χ2v) is 22.8. The van der Waals surface area contributed by atoms with Crippen LogP contribution in [-0.4, -0.2) is 122 Å². The van der Waals surface area contributed by atoms with Crippen molar-refractivity contribution in [3.8, 4) is 23.0 Å².